The standard InChI is InChI=1S/C12H20N4O2/c1-14(6-3-5-13)11(17)9-16-8-4-7-15(2)12(18)10-16/h3-4,6-10H2,1-2H3. The molecule has 1 aliphatic heterocycles. The van der Waals surface area contributed by atoms with Crippen molar-refractivity contribution in [3.63, 3.8) is 0 Å². The number of nitriles is 1. The zero-order valence-corrected chi connectivity index (χ0v) is 11.1. The van der Waals surface area contributed by atoms with Crippen molar-refractivity contribution >= 4 is 11.8 Å². The first-order valence-electron chi connectivity index (χ1n) is 6.12. The summed E-state index contributed by atoms with van der Waals surface area (Å²) in [6.07, 6.45) is 1.22. The van der Waals surface area contributed by atoms with Crippen LogP contribution in [0.15, 0.2) is 0 Å². The van der Waals surface area contributed by atoms with Gasteiger partial charge in [-0.25, -0.2) is 0 Å². The average molecular weight is 252 g/mol. The van der Waals surface area contributed by atoms with Gasteiger partial charge >= 0.3 is 0 Å². The van der Waals surface area contributed by atoms with E-state index in [-0.39, 0.29) is 18.4 Å². The minimum absolute atomic E-state index is 0.0393. The summed E-state index contributed by atoms with van der Waals surface area (Å²) in [5.41, 5.74) is 0. The second-order valence-corrected chi connectivity index (χ2v) is 4.60. The van der Waals surface area contributed by atoms with E-state index in [2.05, 4.69) is 0 Å². The average Bonchev–Trinajstić information content (AvgIpc) is 2.49. The molecule has 0 aromatic rings. The number of rotatable bonds is 4. The molecule has 0 aliphatic carbocycles. The summed E-state index contributed by atoms with van der Waals surface area (Å²) < 4.78 is 0. The molecule has 0 atom stereocenters. The van der Waals surface area contributed by atoms with E-state index in [0.29, 0.717) is 19.5 Å². The maximum Gasteiger partial charge on any atom is 0.236 e. The highest BCUT2D eigenvalue weighted by Crippen LogP contribution is 2.03. The molecule has 6 heteroatoms. The Kier molecular flexibility index (Phi) is 5.59. The van der Waals surface area contributed by atoms with Crippen LogP contribution < -0.4 is 0 Å². The Hall–Kier alpha value is -1.61. The third-order valence-electron chi connectivity index (χ3n) is 3.10. The largest absolute Gasteiger partial charge is 0.345 e. The normalized spacial score (nSPS) is 17.2. The van der Waals surface area contributed by atoms with Gasteiger partial charge in [0.1, 0.15) is 0 Å². The smallest absolute Gasteiger partial charge is 0.236 e. The van der Waals surface area contributed by atoms with Crippen molar-refractivity contribution in [1.82, 2.24) is 14.7 Å². The molecule has 0 aromatic carbocycles. The van der Waals surface area contributed by atoms with E-state index in [1.165, 1.54) is 0 Å². The fourth-order valence-electron chi connectivity index (χ4n) is 1.84. The van der Waals surface area contributed by atoms with Gasteiger partial charge in [0.15, 0.2) is 0 Å². The summed E-state index contributed by atoms with van der Waals surface area (Å²) in [6, 6.07) is 2.01. The Morgan fingerprint density at radius 2 is 2.22 bits per heavy atom. The third-order valence-corrected chi connectivity index (χ3v) is 3.10. The molecule has 0 bridgehead atoms. The Labute approximate surface area is 108 Å². The van der Waals surface area contributed by atoms with Gasteiger partial charge in [0.05, 0.1) is 25.6 Å². The molecule has 2 amide bonds. The van der Waals surface area contributed by atoms with E-state index in [1.54, 1.807) is 23.9 Å². The molecule has 1 saturated heterocycles. The zero-order valence-electron chi connectivity index (χ0n) is 11.1. The molecule has 18 heavy (non-hydrogen) atoms. The lowest BCUT2D eigenvalue weighted by molar-refractivity contribution is -0.133. The lowest BCUT2D eigenvalue weighted by Gasteiger charge is -2.22. The van der Waals surface area contributed by atoms with Gasteiger partial charge in [0.25, 0.3) is 0 Å². The van der Waals surface area contributed by atoms with Crippen LogP contribution in [0.3, 0.4) is 0 Å². The van der Waals surface area contributed by atoms with Gasteiger partial charge in [-0.15, -0.1) is 0 Å². The zero-order chi connectivity index (χ0) is 13.5. The monoisotopic (exact) mass is 252 g/mol. The van der Waals surface area contributed by atoms with Crippen molar-refractivity contribution in [2.45, 2.75) is 12.8 Å². The molecule has 0 saturated carbocycles. The van der Waals surface area contributed by atoms with Crippen LogP contribution in [0, 0.1) is 11.3 Å². The third kappa shape index (κ3) is 4.34. The highest BCUT2D eigenvalue weighted by Gasteiger charge is 2.21. The summed E-state index contributed by atoms with van der Waals surface area (Å²) in [6.45, 7) is 2.49. The van der Waals surface area contributed by atoms with Crippen molar-refractivity contribution in [2.75, 3.05) is 46.8 Å². The fraction of sp³-hybridized carbons (Fsp3) is 0.750. The van der Waals surface area contributed by atoms with Crippen LogP contribution in [0.25, 0.3) is 0 Å². The molecular formula is C12H20N4O2. The number of likely N-dealkylation sites (N-methyl/N-ethyl adjacent to an activating group) is 2. The first-order chi connectivity index (χ1) is 8.54. The second-order valence-electron chi connectivity index (χ2n) is 4.60. The fourth-order valence-corrected chi connectivity index (χ4v) is 1.84. The second kappa shape index (κ2) is 6.97. The predicted molar refractivity (Wildman–Crippen MR) is 66.6 cm³/mol. The Balaban J connectivity index is 2.44. The summed E-state index contributed by atoms with van der Waals surface area (Å²) in [7, 11) is 3.47. The summed E-state index contributed by atoms with van der Waals surface area (Å²) >= 11 is 0. The lowest BCUT2D eigenvalue weighted by Crippen LogP contribution is -2.41. The van der Waals surface area contributed by atoms with Gasteiger partial charge in [-0.2, -0.15) is 5.26 Å². The van der Waals surface area contributed by atoms with Gasteiger partial charge in [-0.3, -0.25) is 14.5 Å². The van der Waals surface area contributed by atoms with E-state index in [0.717, 1.165) is 19.5 Å². The highest BCUT2D eigenvalue weighted by molar-refractivity contribution is 5.81. The maximum absolute atomic E-state index is 11.9. The van der Waals surface area contributed by atoms with Gasteiger partial charge in [0.2, 0.25) is 11.8 Å². The molecule has 0 unspecified atom stereocenters. The van der Waals surface area contributed by atoms with Crippen molar-refractivity contribution in [1.29, 1.82) is 5.26 Å². The van der Waals surface area contributed by atoms with Crippen molar-refractivity contribution in [3.8, 4) is 6.07 Å². The SMILES string of the molecule is CN(CCC#N)C(=O)CN1CCCN(C)C(=O)C1. The summed E-state index contributed by atoms with van der Waals surface area (Å²) in [5.74, 6) is 0.0163. The first-order valence-corrected chi connectivity index (χ1v) is 6.12. The van der Waals surface area contributed by atoms with Crippen LogP contribution >= 0.6 is 0 Å². The highest BCUT2D eigenvalue weighted by atomic mass is 16.2. The lowest BCUT2D eigenvalue weighted by atomic mass is 10.3. The molecule has 0 N–H and O–H groups in total. The molecule has 1 rings (SSSR count). The van der Waals surface area contributed by atoms with Crippen LogP contribution in [0.4, 0.5) is 0 Å². The van der Waals surface area contributed by atoms with Crippen LogP contribution in [-0.4, -0.2) is 73.3 Å². The van der Waals surface area contributed by atoms with E-state index in [9.17, 15) is 9.59 Å². The van der Waals surface area contributed by atoms with Crippen molar-refractivity contribution in [2.24, 2.45) is 0 Å². The summed E-state index contributed by atoms with van der Waals surface area (Å²) in [5, 5.41) is 8.47. The topological polar surface area (TPSA) is 67.7 Å². The number of carbonyl (C=O) groups is 2. The van der Waals surface area contributed by atoms with E-state index >= 15 is 0 Å². The molecule has 6 nitrogen and oxygen atoms in total. The Bertz CT molecular complexity index is 350. The number of hydrogen-bond acceptors (Lipinski definition) is 4. The van der Waals surface area contributed by atoms with Gasteiger partial charge in [-0.05, 0) is 6.42 Å². The number of carbonyl (C=O) groups excluding carboxylic acids is 2. The predicted octanol–water partition coefficient (Wildman–Crippen LogP) is -0.477. The van der Waals surface area contributed by atoms with E-state index in [4.69, 9.17) is 5.26 Å². The number of nitrogens with zero attached hydrogens (tertiary/aromatic N) is 4. The first kappa shape index (κ1) is 14.5. The summed E-state index contributed by atoms with van der Waals surface area (Å²) in [4.78, 5) is 28.6. The Morgan fingerprint density at radius 3 is 2.89 bits per heavy atom. The van der Waals surface area contributed by atoms with E-state index < -0.39 is 0 Å². The molecule has 1 heterocycles. The maximum atomic E-state index is 11.9. The Morgan fingerprint density at radius 1 is 1.50 bits per heavy atom. The van der Waals surface area contributed by atoms with E-state index in [1.807, 2.05) is 11.0 Å². The molecule has 0 radical (unpaired) electrons. The van der Waals surface area contributed by atoms with Crippen LogP contribution in [-0.2, 0) is 9.59 Å². The number of hydrogen-bond donors (Lipinski definition) is 0. The molecular weight excluding hydrogens is 232 g/mol. The minimum Gasteiger partial charge on any atom is -0.345 e. The van der Waals surface area contributed by atoms with Gasteiger partial charge in [0, 0.05) is 33.7 Å². The minimum atomic E-state index is -0.0393. The molecule has 1 aliphatic rings. The molecule has 0 aromatic heterocycles. The number of amides is 2. The molecule has 1 fully saturated rings. The van der Waals surface area contributed by atoms with Crippen molar-refractivity contribution < 1.29 is 9.59 Å². The quantitative estimate of drug-likeness (QED) is 0.678. The molecule has 100 valence electrons. The molecule has 0 spiro atoms. The van der Waals surface area contributed by atoms with Gasteiger partial charge in [-0.1, -0.05) is 0 Å². The van der Waals surface area contributed by atoms with Crippen LogP contribution in [0.2, 0.25) is 0 Å². The van der Waals surface area contributed by atoms with Crippen LogP contribution in [0.1, 0.15) is 12.8 Å². The van der Waals surface area contributed by atoms with Gasteiger partial charge < -0.3 is 9.80 Å². The van der Waals surface area contributed by atoms with Crippen molar-refractivity contribution in [3.05, 3.63) is 0 Å². The van der Waals surface area contributed by atoms with Crippen LogP contribution in [0.5, 0.6) is 0 Å².